The maximum Gasteiger partial charge on any atom is 0.255 e. The molecule has 2 amide bonds. The molecule has 4 saturated carbocycles. The van der Waals surface area contributed by atoms with Crippen molar-refractivity contribution in [1.29, 1.82) is 0 Å². The molecule has 30 heavy (non-hydrogen) atoms. The van der Waals surface area contributed by atoms with E-state index in [0.717, 1.165) is 19.3 Å². The van der Waals surface area contributed by atoms with Gasteiger partial charge >= 0.3 is 0 Å². The van der Waals surface area contributed by atoms with Crippen LogP contribution in [0.15, 0.2) is 42.5 Å². The summed E-state index contributed by atoms with van der Waals surface area (Å²) in [5, 5.41) is 6.88. The van der Waals surface area contributed by atoms with E-state index in [1.807, 2.05) is 0 Å². The zero-order valence-corrected chi connectivity index (χ0v) is 18.1. The van der Waals surface area contributed by atoms with Crippen molar-refractivity contribution in [3.63, 3.8) is 0 Å². The molecule has 6 heteroatoms. The molecular weight excluding hydrogens is 419 g/mol. The minimum atomic E-state index is -0.278. The molecule has 4 bridgehead atoms. The van der Waals surface area contributed by atoms with Gasteiger partial charge in [-0.1, -0.05) is 29.3 Å². The van der Waals surface area contributed by atoms with Gasteiger partial charge in [0.25, 0.3) is 5.91 Å². The number of amides is 2. The van der Waals surface area contributed by atoms with Gasteiger partial charge in [-0.05, 0) is 92.7 Å². The lowest BCUT2D eigenvalue weighted by Crippen LogP contribution is -2.51. The Morgan fingerprint density at radius 2 is 1.53 bits per heavy atom. The molecule has 2 N–H and O–H groups in total. The van der Waals surface area contributed by atoms with Crippen molar-refractivity contribution in [2.45, 2.75) is 38.5 Å². The van der Waals surface area contributed by atoms with Crippen LogP contribution in [0.2, 0.25) is 10.0 Å². The van der Waals surface area contributed by atoms with E-state index in [1.165, 1.54) is 19.3 Å². The lowest BCUT2D eigenvalue weighted by Gasteiger charge is -2.55. The van der Waals surface area contributed by atoms with Crippen molar-refractivity contribution in [3.8, 4) is 0 Å². The van der Waals surface area contributed by atoms with Crippen molar-refractivity contribution in [2.24, 2.45) is 23.2 Å². The van der Waals surface area contributed by atoms with Gasteiger partial charge in [-0.15, -0.1) is 0 Å². The standard InChI is InChI=1S/C24H24Cl2N2O2/c25-18-2-1-3-19(10-18)27-22(29)17-4-5-20(26)21(9-17)28-23(30)24-11-14-6-15(12-24)8-16(7-14)13-24/h1-5,9-10,14-16H,6-8,11-13H2,(H,27,29)(H,28,30). The Labute approximate surface area is 186 Å². The number of rotatable bonds is 4. The Hall–Kier alpha value is -2.04. The Bertz CT molecular complexity index is 985. The van der Waals surface area contributed by atoms with Crippen LogP contribution in [0.4, 0.5) is 11.4 Å². The normalized spacial score (nSPS) is 28.9. The topological polar surface area (TPSA) is 58.2 Å². The number of hydrogen-bond donors (Lipinski definition) is 2. The van der Waals surface area contributed by atoms with Gasteiger partial charge in [0.05, 0.1) is 16.1 Å². The van der Waals surface area contributed by atoms with Crippen LogP contribution in [0.3, 0.4) is 0 Å². The molecule has 156 valence electrons. The fourth-order valence-corrected chi connectivity index (χ4v) is 6.53. The molecule has 6 rings (SSSR count). The molecular formula is C24H24Cl2N2O2. The van der Waals surface area contributed by atoms with Crippen LogP contribution in [-0.4, -0.2) is 11.8 Å². The molecule has 4 nitrogen and oxygen atoms in total. The molecule has 0 saturated heterocycles. The van der Waals surface area contributed by atoms with Crippen LogP contribution in [0.5, 0.6) is 0 Å². The Kier molecular flexibility index (Phi) is 5.03. The molecule has 0 radical (unpaired) electrons. The molecule has 0 aliphatic heterocycles. The average molecular weight is 443 g/mol. The van der Waals surface area contributed by atoms with Gasteiger partial charge in [0.15, 0.2) is 0 Å². The first kappa shape index (κ1) is 19.9. The Balaban J connectivity index is 1.34. The van der Waals surface area contributed by atoms with Crippen LogP contribution >= 0.6 is 23.2 Å². The summed E-state index contributed by atoms with van der Waals surface area (Å²) in [4.78, 5) is 26.0. The van der Waals surface area contributed by atoms with Crippen LogP contribution < -0.4 is 10.6 Å². The molecule has 0 spiro atoms. The van der Waals surface area contributed by atoms with Gasteiger partial charge in [0.1, 0.15) is 0 Å². The molecule has 0 heterocycles. The summed E-state index contributed by atoms with van der Waals surface area (Å²) < 4.78 is 0. The first-order chi connectivity index (χ1) is 14.4. The van der Waals surface area contributed by atoms with E-state index < -0.39 is 0 Å². The third-order valence-electron chi connectivity index (χ3n) is 7.08. The van der Waals surface area contributed by atoms with Crippen molar-refractivity contribution >= 4 is 46.4 Å². The predicted molar refractivity (Wildman–Crippen MR) is 120 cm³/mol. The van der Waals surface area contributed by atoms with Crippen LogP contribution in [0.25, 0.3) is 0 Å². The summed E-state index contributed by atoms with van der Waals surface area (Å²) in [7, 11) is 0. The second-order valence-corrected chi connectivity index (χ2v) is 10.2. The highest BCUT2D eigenvalue weighted by Crippen LogP contribution is 2.60. The molecule has 2 aromatic rings. The lowest BCUT2D eigenvalue weighted by atomic mass is 9.49. The summed E-state index contributed by atoms with van der Waals surface area (Å²) in [6.45, 7) is 0. The maximum atomic E-state index is 13.3. The largest absolute Gasteiger partial charge is 0.324 e. The molecule has 4 aliphatic carbocycles. The summed E-state index contributed by atoms with van der Waals surface area (Å²) in [5.41, 5.74) is 1.27. The monoisotopic (exact) mass is 442 g/mol. The molecule has 0 unspecified atom stereocenters. The molecule has 0 atom stereocenters. The maximum absolute atomic E-state index is 13.3. The fourth-order valence-electron chi connectivity index (χ4n) is 6.18. The van der Waals surface area contributed by atoms with E-state index in [1.54, 1.807) is 42.5 Å². The van der Waals surface area contributed by atoms with Gasteiger partial charge in [-0.25, -0.2) is 0 Å². The minimum absolute atomic E-state index is 0.0656. The number of anilines is 2. The van der Waals surface area contributed by atoms with Gasteiger partial charge in [-0.3, -0.25) is 9.59 Å². The number of carbonyl (C=O) groups excluding carboxylic acids is 2. The van der Waals surface area contributed by atoms with E-state index in [0.29, 0.717) is 44.7 Å². The Morgan fingerprint density at radius 3 is 2.17 bits per heavy atom. The van der Waals surface area contributed by atoms with Crippen LogP contribution in [0, 0.1) is 23.2 Å². The minimum Gasteiger partial charge on any atom is -0.324 e. The van der Waals surface area contributed by atoms with Crippen molar-refractivity contribution < 1.29 is 9.59 Å². The number of nitrogens with one attached hydrogen (secondary N) is 2. The second kappa shape index (κ2) is 7.58. The van der Waals surface area contributed by atoms with E-state index in [9.17, 15) is 9.59 Å². The molecule has 4 fully saturated rings. The third-order valence-corrected chi connectivity index (χ3v) is 7.64. The molecule has 4 aliphatic rings. The first-order valence-electron chi connectivity index (χ1n) is 10.6. The van der Waals surface area contributed by atoms with E-state index in [2.05, 4.69) is 10.6 Å². The number of carbonyl (C=O) groups is 2. The third kappa shape index (κ3) is 3.72. The zero-order valence-electron chi connectivity index (χ0n) is 16.6. The lowest BCUT2D eigenvalue weighted by molar-refractivity contribution is -0.140. The summed E-state index contributed by atoms with van der Waals surface area (Å²) >= 11 is 12.4. The summed E-state index contributed by atoms with van der Waals surface area (Å²) in [6, 6.07) is 11.9. The Morgan fingerprint density at radius 1 is 0.867 bits per heavy atom. The second-order valence-electron chi connectivity index (χ2n) is 9.31. The van der Waals surface area contributed by atoms with Crippen molar-refractivity contribution in [2.75, 3.05) is 10.6 Å². The summed E-state index contributed by atoms with van der Waals surface area (Å²) in [6.07, 6.45) is 6.80. The summed E-state index contributed by atoms with van der Waals surface area (Å²) in [5.74, 6) is 1.85. The molecule has 0 aromatic heterocycles. The van der Waals surface area contributed by atoms with Gasteiger partial charge < -0.3 is 10.6 Å². The van der Waals surface area contributed by atoms with E-state index in [-0.39, 0.29) is 17.2 Å². The smallest absolute Gasteiger partial charge is 0.255 e. The van der Waals surface area contributed by atoms with E-state index in [4.69, 9.17) is 23.2 Å². The van der Waals surface area contributed by atoms with Gasteiger partial charge in [0.2, 0.25) is 5.91 Å². The predicted octanol–water partition coefficient (Wildman–Crippen LogP) is 6.40. The highest BCUT2D eigenvalue weighted by Gasteiger charge is 2.54. The number of benzene rings is 2. The van der Waals surface area contributed by atoms with E-state index >= 15 is 0 Å². The SMILES string of the molecule is O=C(Nc1cccc(Cl)c1)c1ccc(Cl)c(NC(=O)C23CC4CC(CC(C4)C2)C3)c1. The average Bonchev–Trinajstić information content (AvgIpc) is 2.68. The molecule has 2 aromatic carbocycles. The first-order valence-corrected chi connectivity index (χ1v) is 11.3. The van der Waals surface area contributed by atoms with Crippen molar-refractivity contribution in [1.82, 2.24) is 0 Å². The van der Waals surface area contributed by atoms with Crippen molar-refractivity contribution in [3.05, 3.63) is 58.1 Å². The zero-order chi connectivity index (χ0) is 20.9. The van der Waals surface area contributed by atoms with Crippen LogP contribution in [-0.2, 0) is 4.79 Å². The fraction of sp³-hybridized carbons (Fsp3) is 0.417. The highest BCUT2D eigenvalue weighted by atomic mass is 35.5. The van der Waals surface area contributed by atoms with Gasteiger partial charge in [-0.2, -0.15) is 0 Å². The quantitative estimate of drug-likeness (QED) is 0.575. The number of halogens is 2. The van der Waals surface area contributed by atoms with Crippen LogP contribution in [0.1, 0.15) is 48.9 Å². The highest BCUT2D eigenvalue weighted by molar-refractivity contribution is 6.34. The van der Waals surface area contributed by atoms with Gasteiger partial charge in [0, 0.05) is 16.3 Å². The number of hydrogen-bond acceptors (Lipinski definition) is 2.